The van der Waals surface area contributed by atoms with Gasteiger partial charge in [0.2, 0.25) is 0 Å². The van der Waals surface area contributed by atoms with Crippen LogP contribution in [0.4, 0.5) is 0 Å². The van der Waals surface area contributed by atoms with Crippen LogP contribution in [0.1, 0.15) is 0 Å². The third kappa shape index (κ3) is 625. The van der Waals surface area contributed by atoms with E-state index in [0.717, 1.165) is 0 Å². The van der Waals surface area contributed by atoms with Crippen LogP contribution in [-0.4, -0.2) is 45.5 Å². The summed E-state index contributed by atoms with van der Waals surface area (Å²) >= 11 is -11.2. The van der Waals surface area contributed by atoms with Gasteiger partial charge in [0.15, 0.2) is 0 Å². The standard InChI is InChI=1S/2Mn.8O.Sr/q;;;;;;;;2*-1;+2. The molecule has 0 saturated heterocycles. The Labute approximate surface area is 101 Å². The van der Waals surface area contributed by atoms with E-state index >= 15 is 0 Å². The summed E-state index contributed by atoms with van der Waals surface area (Å²) in [4.78, 5) is 0. The molecule has 0 aromatic heterocycles. The molecule has 0 atom stereocenters. The Morgan fingerprint density at radius 3 is 0.636 bits per heavy atom. The van der Waals surface area contributed by atoms with Crippen molar-refractivity contribution in [2.75, 3.05) is 0 Å². The second-order valence-electron chi connectivity index (χ2n) is 0.756. The first-order valence-corrected chi connectivity index (χ1v) is 5.09. The first-order valence-electron chi connectivity index (χ1n) is 1.23. The Hall–Kier alpha value is 1.24. The van der Waals surface area contributed by atoms with Crippen LogP contribution in [0.15, 0.2) is 0 Å². The summed E-state index contributed by atoms with van der Waals surface area (Å²) in [5, 5.41) is 0. The minimum absolute atomic E-state index is 0. The maximum absolute atomic E-state index is 8.58. The van der Waals surface area contributed by atoms with E-state index in [1.54, 1.807) is 0 Å². The van der Waals surface area contributed by atoms with Gasteiger partial charge in [0.1, 0.15) is 0 Å². The molecule has 64 valence electrons. The molecule has 0 aromatic carbocycles. The van der Waals surface area contributed by atoms with Crippen molar-refractivity contribution >= 4 is 45.5 Å². The van der Waals surface area contributed by atoms with E-state index in [9.17, 15) is 0 Å². The summed E-state index contributed by atoms with van der Waals surface area (Å²) in [6.07, 6.45) is 0. The Balaban J connectivity index is -0.000000107. The van der Waals surface area contributed by atoms with Crippen molar-refractivity contribution in [3.63, 3.8) is 0 Å². The van der Waals surface area contributed by atoms with E-state index in [-0.39, 0.29) is 45.5 Å². The molecule has 0 fully saturated rings. The van der Waals surface area contributed by atoms with Crippen molar-refractivity contribution in [1.29, 1.82) is 0 Å². The van der Waals surface area contributed by atoms with Gasteiger partial charge in [-0.05, 0) is 0 Å². The summed E-state index contributed by atoms with van der Waals surface area (Å²) in [5.74, 6) is 0. The third-order valence-electron chi connectivity index (χ3n) is 0. The fourth-order valence-electron chi connectivity index (χ4n) is 0. The van der Waals surface area contributed by atoms with E-state index in [2.05, 4.69) is 0 Å². The van der Waals surface area contributed by atoms with E-state index in [0.29, 0.717) is 0 Å². The average Bonchev–Trinajstić information content (AvgIpc) is 1.12. The first-order chi connectivity index (χ1) is 4.00. The monoisotopic (exact) mass is 326 g/mol. The second kappa shape index (κ2) is 6.72. The van der Waals surface area contributed by atoms with Gasteiger partial charge in [-0.3, -0.25) is 0 Å². The molecule has 0 aliphatic carbocycles. The summed E-state index contributed by atoms with van der Waals surface area (Å²) < 4.78 is 68.6. The Morgan fingerprint density at radius 2 is 0.636 bits per heavy atom. The van der Waals surface area contributed by atoms with Gasteiger partial charge >= 0.3 is 103 Å². The van der Waals surface area contributed by atoms with Gasteiger partial charge in [0, 0.05) is 0 Å². The van der Waals surface area contributed by atoms with Gasteiger partial charge in [-0.1, -0.05) is 0 Å². The summed E-state index contributed by atoms with van der Waals surface area (Å²) in [6, 6.07) is 0. The van der Waals surface area contributed by atoms with Crippen LogP contribution in [0.3, 0.4) is 0 Å². The maximum atomic E-state index is 8.58. The molecule has 11 heavy (non-hydrogen) atoms. The SMILES string of the molecule is [O]=[Mn](=[O])(=[O])[O-].[O]=[Mn](=[O])(=[O])[O-].[Sr+2]. The molecule has 0 aromatic rings. The van der Waals surface area contributed by atoms with Crippen molar-refractivity contribution in [3.05, 3.63) is 0 Å². The van der Waals surface area contributed by atoms with E-state index in [1.165, 1.54) is 0 Å². The van der Waals surface area contributed by atoms with Crippen LogP contribution >= 0.6 is 0 Å². The van der Waals surface area contributed by atoms with Crippen molar-refractivity contribution < 1.29 is 57.3 Å². The molecular formula is Mn2O8Sr. The quantitative estimate of drug-likeness (QED) is 0.417. The van der Waals surface area contributed by atoms with Crippen molar-refractivity contribution in [2.45, 2.75) is 0 Å². The number of hydrogen-bond acceptors (Lipinski definition) is 8. The smallest absolute Gasteiger partial charge is 2.00 e. The Morgan fingerprint density at radius 1 is 0.636 bits per heavy atom. The van der Waals surface area contributed by atoms with E-state index in [1.807, 2.05) is 0 Å². The molecule has 0 spiro atoms. The topological polar surface area (TPSA) is 149 Å². The molecule has 0 amide bonds. The van der Waals surface area contributed by atoms with Crippen LogP contribution in [0.2, 0.25) is 0 Å². The van der Waals surface area contributed by atoms with Crippen LogP contribution in [0.5, 0.6) is 0 Å². The van der Waals surface area contributed by atoms with Gasteiger partial charge in [-0.15, -0.1) is 0 Å². The zero-order valence-corrected chi connectivity index (χ0v) is 10.6. The molecule has 0 aliphatic rings. The van der Waals surface area contributed by atoms with Gasteiger partial charge in [-0.25, -0.2) is 0 Å². The molecule has 0 radical (unpaired) electrons. The van der Waals surface area contributed by atoms with Crippen LogP contribution in [0.25, 0.3) is 0 Å². The minimum atomic E-state index is -5.62. The third-order valence-corrected chi connectivity index (χ3v) is 0. The fourth-order valence-corrected chi connectivity index (χ4v) is 0. The van der Waals surface area contributed by atoms with E-state index in [4.69, 9.17) is 31.4 Å². The summed E-state index contributed by atoms with van der Waals surface area (Å²) in [6.45, 7) is 0. The number of rotatable bonds is 0. The molecule has 0 aliphatic heterocycles. The van der Waals surface area contributed by atoms with Crippen LogP contribution in [-0.2, 0) is 48.9 Å². The zero-order valence-electron chi connectivity index (χ0n) is 4.73. The molecule has 0 N–H and O–H groups in total. The normalized spacial score (nSPS) is 10.4. The maximum Gasteiger partial charge on any atom is 2.00 e. The molecule has 0 saturated carbocycles. The molecular weight excluding hydrogens is 325 g/mol. The molecule has 8 nitrogen and oxygen atoms in total. The average molecular weight is 325 g/mol. The summed E-state index contributed by atoms with van der Waals surface area (Å²) in [7, 11) is 0. The fraction of sp³-hybridized carbons (Fsp3) is 0. The Bertz CT molecular complexity index is 296. The minimum Gasteiger partial charge on any atom is 2.00 e. The molecule has 0 unspecified atom stereocenters. The van der Waals surface area contributed by atoms with Gasteiger partial charge < -0.3 is 0 Å². The van der Waals surface area contributed by atoms with Crippen molar-refractivity contribution in [1.82, 2.24) is 0 Å². The van der Waals surface area contributed by atoms with E-state index < -0.39 is 25.9 Å². The molecule has 0 rings (SSSR count). The van der Waals surface area contributed by atoms with Crippen LogP contribution in [0, 0.1) is 0 Å². The first kappa shape index (κ1) is 18.1. The summed E-state index contributed by atoms with van der Waals surface area (Å²) in [5.41, 5.74) is 0. The molecule has 0 bridgehead atoms. The molecule has 11 heteroatoms. The number of hydrogen-bond donors (Lipinski definition) is 0. The zero-order chi connectivity index (χ0) is 9.00. The Kier molecular flexibility index (Phi) is 11.1. The van der Waals surface area contributed by atoms with Gasteiger partial charge in [0.25, 0.3) is 0 Å². The van der Waals surface area contributed by atoms with Crippen molar-refractivity contribution in [3.8, 4) is 0 Å². The van der Waals surface area contributed by atoms with Gasteiger partial charge in [0.05, 0.1) is 0 Å². The largest absolute Gasteiger partial charge is 2.00 e. The predicted octanol–water partition coefficient (Wildman–Crippen LogP) is -3.48. The van der Waals surface area contributed by atoms with Crippen molar-refractivity contribution in [2.24, 2.45) is 0 Å². The second-order valence-corrected chi connectivity index (χ2v) is 3.12. The van der Waals surface area contributed by atoms with Crippen LogP contribution < -0.4 is 8.38 Å². The van der Waals surface area contributed by atoms with Gasteiger partial charge in [-0.2, -0.15) is 0 Å². The molecule has 0 heterocycles. The predicted molar refractivity (Wildman–Crippen MR) is 9.87 cm³/mol.